The number of methoxy groups -OCH3 is 1. The van der Waals surface area contributed by atoms with Crippen LogP contribution in [0.1, 0.15) is 67.2 Å². The molecule has 6 atom stereocenters. The van der Waals surface area contributed by atoms with Crippen LogP contribution in [0.25, 0.3) is 0 Å². The van der Waals surface area contributed by atoms with E-state index in [0.29, 0.717) is 24.8 Å². The number of carboxylic acids is 1. The van der Waals surface area contributed by atoms with Crippen molar-refractivity contribution in [1.29, 1.82) is 0 Å². The van der Waals surface area contributed by atoms with E-state index in [1.165, 1.54) is 16.7 Å². The van der Waals surface area contributed by atoms with Crippen LogP contribution in [0, 0.1) is 5.92 Å². The summed E-state index contributed by atoms with van der Waals surface area (Å²) in [5.74, 6) is 1.04. The number of benzene rings is 3. The van der Waals surface area contributed by atoms with E-state index in [9.17, 15) is 9.90 Å². The van der Waals surface area contributed by atoms with Gasteiger partial charge in [-0.1, -0.05) is 86.6 Å². The highest BCUT2D eigenvalue weighted by Gasteiger charge is 2.52. The minimum Gasteiger partial charge on any atom is -0.496 e. The van der Waals surface area contributed by atoms with Crippen LogP contribution in [-0.4, -0.2) is 47.8 Å². The highest BCUT2D eigenvalue weighted by molar-refractivity contribution is 5.74. The van der Waals surface area contributed by atoms with E-state index in [4.69, 9.17) is 4.74 Å². The van der Waals surface area contributed by atoms with Gasteiger partial charge in [0, 0.05) is 30.1 Å². The lowest BCUT2D eigenvalue weighted by molar-refractivity contribution is -0.152. The zero-order valence-corrected chi connectivity index (χ0v) is 22.7. The van der Waals surface area contributed by atoms with Crippen molar-refractivity contribution in [1.82, 2.24) is 10.2 Å². The van der Waals surface area contributed by atoms with Gasteiger partial charge >= 0.3 is 5.97 Å². The predicted molar refractivity (Wildman–Crippen MR) is 152 cm³/mol. The van der Waals surface area contributed by atoms with Gasteiger partial charge in [-0.3, -0.25) is 9.69 Å². The largest absolute Gasteiger partial charge is 0.496 e. The summed E-state index contributed by atoms with van der Waals surface area (Å²) in [7, 11) is 1.73. The van der Waals surface area contributed by atoms with Gasteiger partial charge in [0.2, 0.25) is 0 Å². The maximum absolute atomic E-state index is 12.4. The summed E-state index contributed by atoms with van der Waals surface area (Å²) in [5.41, 5.74) is 4.94. The molecule has 38 heavy (non-hydrogen) atoms. The lowest BCUT2D eigenvalue weighted by Gasteiger charge is -2.56. The average Bonchev–Trinajstić information content (AvgIpc) is 2.97. The second kappa shape index (κ2) is 11.7. The number of ether oxygens (including phenoxy) is 1. The van der Waals surface area contributed by atoms with Gasteiger partial charge in [-0.2, -0.15) is 0 Å². The molecule has 5 heteroatoms. The van der Waals surface area contributed by atoms with Crippen molar-refractivity contribution in [2.75, 3.05) is 13.7 Å². The monoisotopic (exact) mass is 512 g/mol. The molecule has 0 amide bonds. The Morgan fingerprint density at radius 3 is 2.26 bits per heavy atom. The zero-order valence-electron chi connectivity index (χ0n) is 22.7. The second-order valence-corrected chi connectivity index (χ2v) is 11.0. The number of rotatable bonds is 10. The summed E-state index contributed by atoms with van der Waals surface area (Å²) in [6.45, 7) is 5.98. The van der Waals surface area contributed by atoms with Gasteiger partial charge in [0.05, 0.1) is 7.11 Å². The second-order valence-electron chi connectivity index (χ2n) is 11.0. The maximum atomic E-state index is 12.4. The molecule has 0 aliphatic carbocycles. The Bertz CT molecular complexity index is 1180. The third-order valence-electron chi connectivity index (χ3n) is 8.90. The van der Waals surface area contributed by atoms with E-state index in [2.05, 4.69) is 90.8 Å². The molecule has 2 N–H and O–H groups in total. The summed E-state index contributed by atoms with van der Waals surface area (Å²) in [6.07, 6.45) is 2.79. The van der Waals surface area contributed by atoms with Gasteiger partial charge in [0.1, 0.15) is 11.8 Å². The van der Waals surface area contributed by atoms with Crippen LogP contribution >= 0.6 is 0 Å². The number of hydrogen-bond donors (Lipinski definition) is 2. The fourth-order valence-corrected chi connectivity index (χ4v) is 6.72. The Morgan fingerprint density at radius 2 is 1.68 bits per heavy atom. The van der Waals surface area contributed by atoms with Crippen LogP contribution < -0.4 is 10.1 Å². The Morgan fingerprint density at radius 1 is 1.03 bits per heavy atom. The minimum atomic E-state index is -0.707. The van der Waals surface area contributed by atoms with Crippen LogP contribution in [0.4, 0.5) is 0 Å². The summed E-state index contributed by atoms with van der Waals surface area (Å²) in [4.78, 5) is 14.7. The minimum absolute atomic E-state index is 0.0251. The third-order valence-corrected chi connectivity index (χ3v) is 8.90. The van der Waals surface area contributed by atoms with Crippen molar-refractivity contribution in [3.63, 3.8) is 0 Å². The fourth-order valence-electron chi connectivity index (χ4n) is 6.72. The van der Waals surface area contributed by atoms with Crippen molar-refractivity contribution in [2.24, 2.45) is 5.92 Å². The maximum Gasteiger partial charge on any atom is 0.320 e. The number of piperidine rings is 3. The number of nitrogens with zero attached hydrogens (tertiary/aromatic N) is 1. The van der Waals surface area contributed by atoms with Gasteiger partial charge in [-0.15, -0.1) is 0 Å². The molecule has 3 fully saturated rings. The molecule has 0 saturated carbocycles. The number of carbonyl (C=O) groups is 1. The van der Waals surface area contributed by atoms with Crippen molar-refractivity contribution in [3.8, 4) is 5.75 Å². The molecular weight excluding hydrogens is 472 g/mol. The van der Waals surface area contributed by atoms with Crippen molar-refractivity contribution < 1.29 is 14.6 Å². The topological polar surface area (TPSA) is 61.8 Å². The van der Waals surface area contributed by atoms with E-state index >= 15 is 0 Å². The smallest absolute Gasteiger partial charge is 0.320 e. The molecule has 3 aliphatic heterocycles. The molecule has 3 aromatic carbocycles. The molecule has 5 nitrogen and oxygen atoms in total. The molecule has 0 spiro atoms. The SMILES string of the molecule is CCC(C)c1ccc(OC)c(CN[C@H]2[C@H]3CCN(C(C(=O)O)C3)[C@H]2C(c2ccccc2)c2ccccc2)c1. The van der Waals surface area contributed by atoms with Crippen LogP contribution in [0.15, 0.2) is 78.9 Å². The van der Waals surface area contributed by atoms with Crippen molar-refractivity contribution >= 4 is 5.97 Å². The summed E-state index contributed by atoms with van der Waals surface area (Å²) in [5, 5.41) is 14.1. The van der Waals surface area contributed by atoms with Gasteiger partial charge in [0.15, 0.2) is 0 Å². The Labute approximate surface area is 226 Å². The van der Waals surface area contributed by atoms with Gasteiger partial charge < -0.3 is 15.2 Å². The lowest BCUT2D eigenvalue weighted by Crippen LogP contribution is -2.69. The molecule has 3 unspecified atom stereocenters. The molecule has 0 aromatic heterocycles. The number of nitrogens with one attached hydrogen (secondary N) is 1. The fraction of sp³-hybridized carbons (Fsp3) is 0.424. The standard InChI is InChI=1S/C33H40N2O3/c1-4-22(2)25-15-16-29(38-3)27(19-25)21-34-31-26-17-18-35(28(20-26)33(36)37)32(31)30(23-11-7-5-8-12-23)24-13-9-6-10-14-24/h5-16,19,22,26,28,30-32,34H,4,17-18,20-21H2,1-3H3,(H,36,37)/t22?,26-,28?,31-,32-/m0/s1. The first-order valence-corrected chi connectivity index (χ1v) is 14.0. The highest BCUT2D eigenvalue weighted by Crippen LogP contribution is 2.44. The van der Waals surface area contributed by atoms with Crippen LogP contribution in [0.5, 0.6) is 5.75 Å². The lowest BCUT2D eigenvalue weighted by atomic mass is 9.68. The molecule has 3 aromatic rings. The van der Waals surface area contributed by atoms with Crippen LogP contribution in [0.3, 0.4) is 0 Å². The summed E-state index contributed by atoms with van der Waals surface area (Å²) in [6, 6.07) is 27.5. The molecule has 3 aliphatic rings. The first kappa shape index (κ1) is 26.5. The Kier molecular flexibility index (Phi) is 8.15. The molecule has 6 rings (SSSR count). The molecule has 3 saturated heterocycles. The third kappa shape index (κ3) is 5.23. The molecule has 3 heterocycles. The number of carboxylic acid groups (broad SMARTS) is 1. The quantitative estimate of drug-likeness (QED) is 0.346. The number of aliphatic carboxylic acids is 1. The highest BCUT2D eigenvalue weighted by atomic mass is 16.5. The van der Waals surface area contributed by atoms with E-state index in [0.717, 1.165) is 30.7 Å². The van der Waals surface area contributed by atoms with Gasteiger partial charge in [-0.25, -0.2) is 0 Å². The molecule has 2 bridgehead atoms. The first-order valence-electron chi connectivity index (χ1n) is 14.0. The summed E-state index contributed by atoms with van der Waals surface area (Å²) >= 11 is 0. The van der Waals surface area contributed by atoms with Crippen molar-refractivity contribution in [2.45, 2.75) is 69.6 Å². The van der Waals surface area contributed by atoms with E-state index in [1.54, 1.807) is 7.11 Å². The van der Waals surface area contributed by atoms with E-state index in [1.807, 2.05) is 12.1 Å². The summed E-state index contributed by atoms with van der Waals surface area (Å²) < 4.78 is 5.75. The molecular formula is C33H40N2O3. The van der Waals surface area contributed by atoms with Gasteiger partial charge in [-0.05, 0) is 60.4 Å². The Hall–Kier alpha value is -3.15. The molecule has 0 radical (unpaired) electrons. The van der Waals surface area contributed by atoms with Crippen LogP contribution in [-0.2, 0) is 11.3 Å². The number of hydrogen-bond acceptors (Lipinski definition) is 4. The predicted octanol–water partition coefficient (Wildman–Crippen LogP) is 6.05. The normalized spacial score (nSPS) is 25.3. The van der Waals surface area contributed by atoms with Gasteiger partial charge in [0.25, 0.3) is 0 Å². The number of fused-ring (bicyclic) bond motifs is 3. The average molecular weight is 513 g/mol. The van der Waals surface area contributed by atoms with Crippen molar-refractivity contribution in [3.05, 3.63) is 101 Å². The van der Waals surface area contributed by atoms with Crippen LogP contribution in [0.2, 0.25) is 0 Å². The van der Waals surface area contributed by atoms with E-state index in [-0.39, 0.29) is 18.0 Å². The van der Waals surface area contributed by atoms with E-state index < -0.39 is 12.0 Å². The Balaban J connectivity index is 1.53. The molecule has 200 valence electrons. The first-order chi connectivity index (χ1) is 18.5. The zero-order chi connectivity index (χ0) is 26.6.